The van der Waals surface area contributed by atoms with Crippen molar-refractivity contribution in [2.24, 2.45) is 0 Å². The molecular formula is C18H18Br2N2O3S. The number of rotatable bonds is 6. The first kappa shape index (κ1) is 20.8. The van der Waals surface area contributed by atoms with Gasteiger partial charge in [0.1, 0.15) is 12.4 Å². The second-order valence-electron chi connectivity index (χ2n) is 5.37. The molecule has 0 radical (unpaired) electrons. The highest BCUT2D eigenvalue weighted by atomic mass is 79.9. The maximum atomic E-state index is 12.6. The molecule has 2 rings (SSSR count). The molecule has 0 bridgehead atoms. The molecule has 0 saturated heterocycles. The van der Waals surface area contributed by atoms with Gasteiger partial charge in [0.25, 0.3) is 5.91 Å². The summed E-state index contributed by atoms with van der Waals surface area (Å²) in [5, 5.41) is 5.87. The Morgan fingerprint density at radius 3 is 2.62 bits per heavy atom. The number of hydrogen-bond donors (Lipinski definition) is 2. The second-order valence-corrected chi connectivity index (χ2v) is 7.55. The normalized spacial score (nSPS) is 10.3. The Kier molecular flexibility index (Phi) is 8.02. The lowest BCUT2D eigenvalue weighted by molar-refractivity contribution is 0.0969. The van der Waals surface area contributed by atoms with E-state index in [0.29, 0.717) is 24.5 Å². The number of halogens is 2. The summed E-state index contributed by atoms with van der Waals surface area (Å²) in [7, 11) is 1.59. The molecule has 2 N–H and O–H groups in total. The fraction of sp³-hybridized carbons (Fsp3) is 0.222. The third-order valence-electron chi connectivity index (χ3n) is 3.33. The molecule has 1 amide bonds. The topological polar surface area (TPSA) is 59.6 Å². The molecule has 0 aromatic heterocycles. The van der Waals surface area contributed by atoms with Crippen molar-refractivity contribution < 1.29 is 14.3 Å². The Hall–Kier alpha value is -1.48. The quantitative estimate of drug-likeness (QED) is 0.445. The first-order valence-corrected chi connectivity index (χ1v) is 9.70. The van der Waals surface area contributed by atoms with E-state index in [1.165, 1.54) is 0 Å². The van der Waals surface area contributed by atoms with E-state index in [2.05, 4.69) is 42.5 Å². The number of carbonyl (C=O) groups is 1. The second kappa shape index (κ2) is 10.0. The minimum absolute atomic E-state index is 0.197. The fourth-order valence-corrected chi connectivity index (χ4v) is 3.24. The summed E-state index contributed by atoms with van der Waals surface area (Å²) in [6.45, 7) is 2.77. The van der Waals surface area contributed by atoms with Gasteiger partial charge in [0.05, 0.1) is 17.9 Å². The van der Waals surface area contributed by atoms with Crippen LogP contribution in [0.15, 0.2) is 45.3 Å². The van der Waals surface area contributed by atoms with E-state index in [4.69, 9.17) is 21.7 Å². The van der Waals surface area contributed by atoms with Crippen LogP contribution in [-0.2, 0) is 4.74 Å². The van der Waals surface area contributed by atoms with Gasteiger partial charge in [0.2, 0.25) is 0 Å². The van der Waals surface area contributed by atoms with Crippen molar-refractivity contribution >= 4 is 60.8 Å². The lowest BCUT2D eigenvalue weighted by Crippen LogP contribution is -2.34. The van der Waals surface area contributed by atoms with Crippen LogP contribution in [0.3, 0.4) is 0 Å². The van der Waals surface area contributed by atoms with Crippen molar-refractivity contribution in [3.8, 4) is 5.75 Å². The molecule has 0 aliphatic carbocycles. The third-order valence-corrected chi connectivity index (χ3v) is 4.68. The zero-order chi connectivity index (χ0) is 19.1. The molecule has 0 fully saturated rings. The summed E-state index contributed by atoms with van der Waals surface area (Å²) in [5.41, 5.74) is 2.26. The van der Waals surface area contributed by atoms with Crippen molar-refractivity contribution in [3.05, 3.63) is 56.5 Å². The average Bonchev–Trinajstić information content (AvgIpc) is 2.58. The highest BCUT2D eigenvalue weighted by molar-refractivity contribution is 9.10. The van der Waals surface area contributed by atoms with Crippen LogP contribution in [0.4, 0.5) is 5.69 Å². The Labute approximate surface area is 174 Å². The van der Waals surface area contributed by atoms with Gasteiger partial charge in [-0.25, -0.2) is 0 Å². The minimum atomic E-state index is -0.362. The average molecular weight is 502 g/mol. The van der Waals surface area contributed by atoms with Gasteiger partial charge in [-0.3, -0.25) is 10.1 Å². The molecule has 0 atom stereocenters. The van der Waals surface area contributed by atoms with Crippen molar-refractivity contribution in [2.75, 3.05) is 25.6 Å². The molecule has 0 spiro atoms. The first-order valence-electron chi connectivity index (χ1n) is 7.70. The van der Waals surface area contributed by atoms with Crippen LogP contribution in [0.5, 0.6) is 5.75 Å². The molecule has 0 aliphatic rings. The number of benzene rings is 2. The number of hydrogen-bond acceptors (Lipinski definition) is 4. The summed E-state index contributed by atoms with van der Waals surface area (Å²) in [6, 6.07) is 11.0. The predicted octanol–water partition coefficient (Wildman–Crippen LogP) is 4.67. The van der Waals surface area contributed by atoms with Gasteiger partial charge < -0.3 is 14.8 Å². The van der Waals surface area contributed by atoms with Crippen LogP contribution >= 0.6 is 44.1 Å². The third kappa shape index (κ3) is 6.05. The van der Waals surface area contributed by atoms with Crippen LogP contribution in [0, 0.1) is 6.92 Å². The van der Waals surface area contributed by atoms with E-state index < -0.39 is 0 Å². The summed E-state index contributed by atoms with van der Waals surface area (Å²) >= 11 is 12.1. The zero-order valence-electron chi connectivity index (χ0n) is 14.3. The highest BCUT2D eigenvalue weighted by Gasteiger charge is 2.15. The van der Waals surface area contributed by atoms with Gasteiger partial charge in [-0.15, -0.1) is 0 Å². The van der Waals surface area contributed by atoms with Gasteiger partial charge in [-0.2, -0.15) is 0 Å². The number of anilines is 1. The molecule has 0 heterocycles. The zero-order valence-corrected chi connectivity index (χ0v) is 18.3. The van der Waals surface area contributed by atoms with E-state index in [0.717, 1.165) is 20.2 Å². The number of nitrogens with one attached hydrogen (secondary N) is 2. The van der Waals surface area contributed by atoms with Crippen LogP contribution in [-0.4, -0.2) is 31.3 Å². The van der Waals surface area contributed by atoms with Gasteiger partial charge in [-0.05, 0) is 71.0 Å². The number of thiocarbonyl (C=S) groups is 1. The molecule has 5 nitrogen and oxygen atoms in total. The number of methoxy groups -OCH3 is 1. The Morgan fingerprint density at radius 2 is 1.92 bits per heavy atom. The van der Waals surface area contributed by atoms with E-state index in [1.807, 2.05) is 25.1 Å². The summed E-state index contributed by atoms with van der Waals surface area (Å²) < 4.78 is 12.2. The predicted molar refractivity (Wildman–Crippen MR) is 114 cm³/mol. The van der Waals surface area contributed by atoms with Crippen molar-refractivity contribution in [3.63, 3.8) is 0 Å². The molecular weight excluding hydrogens is 484 g/mol. The largest absolute Gasteiger partial charge is 0.490 e. The minimum Gasteiger partial charge on any atom is -0.490 e. The summed E-state index contributed by atoms with van der Waals surface area (Å²) in [5.74, 6) is 0.0986. The smallest absolute Gasteiger partial charge is 0.261 e. The Bertz CT molecular complexity index is 815. The van der Waals surface area contributed by atoms with Gasteiger partial charge >= 0.3 is 0 Å². The maximum Gasteiger partial charge on any atom is 0.261 e. The molecule has 0 unspecified atom stereocenters. The monoisotopic (exact) mass is 500 g/mol. The lowest BCUT2D eigenvalue weighted by Gasteiger charge is -2.14. The van der Waals surface area contributed by atoms with E-state index in [-0.39, 0.29) is 11.0 Å². The first-order chi connectivity index (χ1) is 12.4. The molecule has 2 aromatic rings. The standard InChI is InChI=1S/C18H18Br2N2O3S/c1-11-3-5-15(14(20)9-11)21-18(26)22-17(23)13-10-12(19)4-6-16(13)25-8-7-24-2/h3-6,9-10H,7-8H2,1-2H3,(H2,21,22,23,26). The van der Waals surface area contributed by atoms with Crippen molar-refractivity contribution in [1.29, 1.82) is 0 Å². The molecule has 0 saturated carbocycles. The van der Waals surface area contributed by atoms with E-state index >= 15 is 0 Å². The Balaban J connectivity index is 2.08. The molecule has 0 aliphatic heterocycles. The van der Waals surface area contributed by atoms with Crippen molar-refractivity contribution in [1.82, 2.24) is 5.32 Å². The number of aryl methyl sites for hydroxylation is 1. The molecule has 2 aromatic carbocycles. The maximum absolute atomic E-state index is 12.6. The lowest BCUT2D eigenvalue weighted by atomic mass is 10.2. The van der Waals surface area contributed by atoms with Crippen LogP contribution in [0.1, 0.15) is 15.9 Å². The van der Waals surface area contributed by atoms with Crippen LogP contribution < -0.4 is 15.4 Å². The summed E-state index contributed by atoms with van der Waals surface area (Å²) in [6.07, 6.45) is 0. The van der Waals surface area contributed by atoms with Gasteiger partial charge in [0, 0.05) is 16.1 Å². The number of ether oxygens (including phenoxy) is 2. The van der Waals surface area contributed by atoms with E-state index in [9.17, 15) is 4.79 Å². The number of amides is 1. The molecule has 8 heteroatoms. The van der Waals surface area contributed by atoms with Gasteiger partial charge in [0.15, 0.2) is 5.11 Å². The molecule has 26 heavy (non-hydrogen) atoms. The van der Waals surface area contributed by atoms with Crippen LogP contribution in [0.2, 0.25) is 0 Å². The Morgan fingerprint density at radius 1 is 1.15 bits per heavy atom. The van der Waals surface area contributed by atoms with Crippen LogP contribution in [0.25, 0.3) is 0 Å². The highest BCUT2D eigenvalue weighted by Crippen LogP contribution is 2.25. The van der Waals surface area contributed by atoms with Gasteiger partial charge in [-0.1, -0.05) is 22.0 Å². The van der Waals surface area contributed by atoms with Crippen molar-refractivity contribution in [2.45, 2.75) is 6.92 Å². The SMILES string of the molecule is COCCOc1ccc(Br)cc1C(=O)NC(=S)Nc1ccc(C)cc1Br. The fourth-order valence-electron chi connectivity index (χ4n) is 2.09. The molecule has 138 valence electrons. The summed E-state index contributed by atoms with van der Waals surface area (Å²) in [4.78, 5) is 12.6. The number of carbonyl (C=O) groups excluding carboxylic acids is 1. The van der Waals surface area contributed by atoms with E-state index in [1.54, 1.807) is 25.3 Å².